The SMILES string of the molecule is CC(=C(F)B1OC(C)(C)C(C)(C)O1)c1ccc(Nc2nccc(C#N)n2)cc1. The van der Waals surface area contributed by atoms with Crippen LogP contribution in [-0.4, -0.2) is 28.3 Å². The first kappa shape index (κ1) is 20.0. The summed E-state index contributed by atoms with van der Waals surface area (Å²) in [6.45, 7) is 9.25. The molecule has 8 heteroatoms. The molecule has 0 unspecified atom stereocenters. The summed E-state index contributed by atoms with van der Waals surface area (Å²) in [4.78, 5) is 8.14. The van der Waals surface area contributed by atoms with Crippen molar-refractivity contribution in [2.75, 3.05) is 5.32 Å². The zero-order valence-corrected chi connectivity index (χ0v) is 16.6. The summed E-state index contributed by atoms with van der Waals surface area (Å²) in [5, 5.41) is 11.9. The Balaban J connectivity index is 1.77. The number of nitrogens with one attached hydrogen (secondary N) is 1. The molecule has 0 amide bonds. The number of benzene rings is 1. The fourth-order valence-electron chi connectivity index (χ4n) is 2.68. The summed E-state index contributed by atoms with van der Waals surface area (Å²) in [6, 6.07) is 10.7. The standard InChI is InChI=1S/C20H22BFN4O2/c1-13(17(22)21-27-19(2,3)20(4,5)28-21)14-6-8-15(9-7-14)25-18-24-11-10-16(12-23)26-18/h6-11H,1-5H3,(H,24,25,26). The van der Waals surface area contributed by atoms with Gasteiger partial charge in [0.05, 0.1) is 11.2 Å². The van der Waals surface area contributed by atoms with Crippen LogP contribution in [0.3, 0.4) is 0 Å². The third kappa shape index (κ3) is 3.91. The minimum atomic E-state index is -1.02. The lowest BCUT2D eigenvalue weighted by molar-refractivity contribution is 0.00578. The summed E-state index contributed by atoms with van der Waals surface area (Å²) in [6.07, 6.45) is 1.51. The molecule has 1 N–H and O–H groups in total. The molecule has 0 saturated carbocycles. The molecule has 0 spiro atoms. The molecular weight excluding hydrogens is 358 g/mol. The molecule has 0 radical (unpaired) electrons. The fraction of sp³-hybridized carbons (Fsp3) is 0.350. The zero-order valence-electron chi connectivity index (χ0n) is 16.6. The average Bonchev–Trinajstić information content (AvgIpc) is 2.88. The number of hydrogen-bond donors (Lipinski definition) is 1. The van der Waals surface area contributed by atoms with E-state index in [1.165, 1.54) is 12.3 Å². The zero-order chi connectivity index (χ0) is 20.5. The smallest absolute Gasteiger partial charge is 0.398 e. The van der Waals surface area contributed by atoms with Crippen LogP contribution >= 0.6 is 0 Å². The molecule has 0 aliphatic carbocycles. The highest BCUT2D eigenvalue weighted by Crippen LogP contribution is 2.40. The predicted octanol–water partition coefficient (Wildman–Crippen LogP) is 4.42. The van der Waals surface area contributed by atoms with Gasteiger partial charge in [-0.15, -0.1) is 0 Å². The molecule has 6 nitrogen and oxygen atoms in total. The Morgan fingerprint density at radius 3 is 2.29 bits per heavy atom. The number of rotatable bonds is 4. The van der Waals surface area contributed by atoms with Crippen molar-refractivity contribution in [1.29, 1.82) is 5.26 Å². The highest BCUT2D eigenvalue weighted by atomic mass is 19.1. The number of nitrogens with zero attached hydrogens (tertiary/aromatic N) is 3. The van der Waals surface area contributed by atoms with Gasteiger partial charge in [0.2, 0.25) is 5.95 Å². The Kier molecular flexibility index (Phi) is 5.24. The number of anilines is 2. The normalized spacial score (nSPS) is 18.4. The molecule has 0 atom stereocenters. The molecule has 1 saturated heterocycles. The predicted molar refractivity (Wildman–Crippen MR) is 106 cm³/mol. The van der Waals surface area contributed by atoms with E-state index in [-0.39, 0.29) is 5.69 Å². The lowest BCUT2D eigenvalue weighted by atomic mass is 9.83. The first-order valence-corrected chi connectivity index (χ1v) is 8.95. The first-order valence-electron chi connectivity index (χ1n) is 8.95. The van der Waals surface area contributed by atoms with Crippen LogP contribution in [-0.2, 0) is 9.31 Å². The Morgan fingerprint density at radius 1 is 1.11 bits per heavy atom. The molecule has 0 bridgehead atoms. The van der Waals surface area contributed by atoms with Gasteiger partial charge in [0, 0.05) is 11.9 Å². The second-order valence-corrected chi connectivity index (χ2v) is 7.64. The second-order valence-electron chi connectivity index (χ2n) is 7.64. The number of nitriles is 1. The molecule has 144 valence electrons. The highest BCUT2D eigenvalue weighted by Gasteiger charge is 2.53. The highest BCUT2D eigenvalue weighted by molar-refractivity contribution is 6.55. The van der Waals surface area contributed by atoms with Crippen LogP contribution in [0.15, 0.2) is 42.3 Å². The van der Waals surface area contributed by atoms with E-state index in [0.29, 0.717) is 17.1 Å². The van der Waals surface area contributed by atoms with Crippen molar-refractivity contribution >= 4 is 24.3 Å². The average molecular weight is 380 g/mol. The Labute approximate surface area is 164 Å². The van der Waals surface area contributed by atoms with E-state index < -0.39 is 24.0 Å². The lowest BCUT2D eigenvalue weighted by Crippen LogP contribution is -2.41. The Hall–Kier alpha value is -2.76. The number of hydrogen-bond acceptors (Lipinski definition) is 6. The molecule has 3 rings (SSSR count). The minimum absolute atomic E-state index is 0.275. The van der Waals surface area contributed by atoms with Crippen molar-refractivity contribution in [3.8, 4) is 6.07 Å². The van der Waals surface area contributed by atoms with Crippen LogP contribution in [0.1, 0.15) is 45.9 Å². The van der Waals surface area contributed by atoms with Crippen LogP contribution in [0, 0.1) is 11.3 Å². The monoisotopic (exact) mass is 380 g/mol. The summed E-state index contributed by atoms with van der Waals surface area (Å²) in [7, 11) is -1.02. The molecule has 1 aromatic heterocycles. The molecule has 28 heavy (non-hydrogen) atoms. The van der Waals surface area contributed by atoms with Gasteiger partial charge >= 0.3 is 7.12 Å². The number of aromatic nitrogens is 2. The van der Waals surface area contributed by atoms with Crippen molar-refractivity contribution < 1.29 is 13.7 Å². The molecule has 2 aromatic rings. The first-order chi connectivity index (χ1) is 13.1. The van der Waals surface area contributed by atoms with Gasteiger partial charge in [-0.05, 0) is 64.0 Å². The van der Waals surface area contributed by atoms with Gasteiger partial charge in [-0.2, -0.15) is 5.26 Å². The van der Waals surface area contributed by atoms with Crippen LogP contribution in [0.4, 0.5) is 16.0 Å². The summed E-state index contributed by atoms with van der Waals surface area (Å²) >= 11 is 0. The maximum atomic E-state index is 15.0. The third-order valence-corrected chi connectivity index (χ3v) is 5.16. The van der Waals surface area contributed by atoms with Gasteiger partial charge in [-0.1, -0.05) is 12.1 Å². The van der Waals surface area contributed by atoms with Crippen molar-refractivity contribution in [3.63, 3.8) is 0 Å². The topological polar surface area (TPSA) is 80.1 Å². The van der Waals surface area contributed by atoms with Crippen LogP contribution < -0.4 is 5.32 Å². The van der Waals surface area contributed by atoms with Crippen molar-refractivity contribution in [2.45, 2.75) is 45.8 Å². The van der Waals surface area contributed by atoms with Crippen LogP contribution in [0.2, 0.25) is 0 Å². The molecule has 1 aliphatic rings. The van der Waals surface area contributed by atoms with Crippen molar-refractivity contribution in [2.24, 2.45) is 0 Å². The van der Waals surface area contributed by atoms with Crippen molar-refractivity contribution in [1.82, 2.24) is 9.97 Å². The maximum absolute atomic E-state index is 15.0. The van der Waals surface area contributed by atoms with E-state index in [2.05, 4.69) is 15.3 Å². The van der Waals surface area contributed by atoms with E-state index in [1.54, 1.807) is 31.2 Å². The van der Waals surface area contributed by atoms with Gasteiger partial charge in [0.25, 0.3) is 0 Å². The molecule has 2 heterocycles. The summed E-state index contributed by atoms with van der Waals surface area (Å²) < 4.78 is 26.5. The second kappa shape index (κ2) is 7.34. The van der Waals surface area contributed by atoms with Gasteiger partial charge in [0.1, 0.15) is 17.5 Å². The van der Waals surface area contributed by atoms with Crippen LogP contribution in [0.25, 0.3) is 5.57 Å². The Morgan fingerprint density at radius 2 is 1.71 bits per heavy atom. The molecule has 1 aliphatic heterocycles. The third-order valence-electron chi connectivity index (χ3n) is 5.16. The van der Waals surface area contributed by atoms with E-state index >= 15 is 0 Å². The van der Waals surface area contributed by atoms with E-state index in [1.807, 2.05) is 33.8 Å². The molecule has 1 aromatic carbocycles. The van der Waals surface area contributed by atoms with Gasteiger partial charge < -0.3 is 14.6 Å². The summed E-state index contributed by atoms with van der Waals surface area (Å²) in [5.41, 5.74) is 0.531. The van der Waals surface area contributed by atoms with Crippen molar-refractivity contribution in [3.05, 3.63) is 53.5 Å². The van der Waals surface area contributed by atoms with E-state index in [9.17, 15) is 4.39 Å². The van der Waals surface area contributed by atoms with E-state index in [4.69, 9.17) is 14.6 Å². The van der Waals surface area contributed by atoms with Crippen LogP contribution in [0.5, 0.6) is 0 Å². The number of allylic oxidation sites excluding steroid dienone is 1. The molecule has 1 fully saturated rings. The fourth-order valence-corrected chi connectivity index (χ4v) is 2.68. The quantitative estimate of drug-likeness (QED) is 0.791. The van der Waals surface area contributed by atoms with Gasteiger partial charge in [-0.25, -0.2) is 14.4 Å². The largest absolute Gasteiger partial charge is 0.525 e. The minimum Gasteiger partial charge on any atom is -0.398 e. The lowest BCUT2D eigenvalue weighted by Gasteiger charge is -2.32. The van der Waals surface area contributed by atoms with E-state index in [0.717, 1.165) is 5.69 Å². The Bertz CT molecular complexity index is 935. The molecular formula is C20H22BFN4O2. The van der Waals surface area contributed by atoms with Gasteiger partial charge in [0.15, 0.2) is 0 Å². The maximum Gasteiger partial charge on any atom is 0.525 e. The number of halogens is 1. The summed E-state index contributed by atoms with van der Waals surface area (Å²) in [5.74, 6) is 0.322. The van der Waals surface area contributed by atoms with Gasteiger partial charge in [-0.3, -0.25) is 0 Å².